The smallest absolute Gasteiger partial charge is 0.279 e. The molecule has 5 heteroatoms. The van der Waals surface area contributed by atoms with Gasteiger partial charge >= 0.3 is 0 Å². The summed E-state index contributed by atoms with van der Waals surface area (Å²) in [5.74, 6) is 0.0202. The minimum absolute atomic E-state index is 0.0202. The lowest BCUT2D eigenvalue weighted by molar-refractivity contribution is -0.899. The van der Waals surface area contributed by atoms with Crippen molar-refractivity contribution in [1.29, 1.82) is 0 Å². The Labute approximate surface area is 112 Å². The SMILES string of the molecule is Cc1ccc(NC(=O)C[NH+]2CCOCC2)cc1Cl. The van der Waals surface area contributed by atoms with Gasteiger partial charge in [-0.1, -0.05) is 17.7 Å². The number of hydrogen-bond donors (Lipinski definition) is 2. The number of carbonyl (C=O) groups is 1. The number of amides is 1. The highest BCUT2D eigenvalue weighted by Gasteiger charge is 2.17. The van der Waals surface area contributed by atoms with Crippen molar-refractivity contribution >= 4 is 23.2 Å². The Balaban J connectivity index is 1.88. The molecule has 1 aliphatic heterocycles. The fraction of sp³-hybridized carbons (Fsp3) is 0.462. The van der Waals surface area contributed by atoms with Crippen LogP contribution in [0.15, 0.2) is 18.2 Å². The number of anilines is 1. The number of aryl methyl sites for hydroxylation is 1. The van der Waals surface area contributed by atoms with Crippen molar-refractivity contribution < 1.29 is 14.4 Å². The summed E-state index contributed by atoms with van der Waals surface area (Å²) in [5, 5.41) is 3.54. The number of rotatable bonds is 3. The lowest BCUT2D eigenvalue weighted by Gasteiger charge is -2.23. The predicted octanol–water partition coefficient (Wildman–Crippen LogP) is 0.502. The second kappa shape index (κ2) is 6.18. The fourth-order valence-electron chi connectivity index (χ4n) is 1.94. The number of halogens is 1. The van der Waals surface area contributed by atoms with Crippen LogP contribution in [0.2, 0.25) is 5.02 Å². The maximum atomic E-state index is 11.9. The van der Waals surface area contributed by atoms with Crippen LogP contribution in [-0.4, -0.2) is 38.8 Å². The summed E-state index contributed by atoms with van der Waals surface area (Å²) in [6.07, 6.45) is 0. The number of carbonyl (C=O) groups excluding carboxylic acids is 1. The third-order valence-corrected chi connectivity index (χ3v) is 3.47. The molecule has 0 unspecified atom stereocenters. The Morgan fingerprint density at radius 2 is 2.17 bits per heavy atom. The summed E-state index contributed by atoms with van der Waals surface area (Å²) in [7, 11) is 0. The van der Waals surface area contributed by atoms with Crippen LogP contribution in [0.1, 0.15) is 5.56 Å². The molecule has 1 aliphatic rings. The minimum atomic E-state index is 0.0202. The van der Waals surface area contributed by atoms with E-state index in [4.69, 9.17) is 16.3 Å². The molecule has 0 atom stereocenters. The van der Waals surface area contributed by atoms with Gasteiger partial charge in [-0.15, -0.1) is 0 Å². The molecular weight excluding hydrogens is 252 g/mol. The van der Waals surface area contributed by atoms with Crippen molar-refractivity contribution in [3.8, 4) is 0 Å². The van der Waals surface area contributed by atoms with E-state index in [0.717, 1.165) is 37.6 Å². The maximum Gasteiger partial charge on any atom is 0.279 e. The molecule has 98 valence electrons. The summed E-state index contributed by atoms with van der Waals surface area (Å²) >= 11 is 6.02. The molecular formula is C13H18ClN2O2+. The lowest BCUT2D eigenvalue weighted by atomic mass is 10.2. The van der Waals surface area contributed by atoms with Gasteiger partial charge in [0.2, 0.25) is 0 Å². The van der Waals surface area contributed by atoms with Crippen molar-refractivity contribution in [2.24, 2.45) is 0 Å². The first-order chi connectivity index (χ1) is 8.65. The van der Waals surface area contributed by atoms with Crippen LogP contribution in [0.4, 0.5) is 5.69 Å². The van der Waals surface area contributed by atoms with E-state index in [1.807, 2.05) is 19.1 Å². The highest BCUT2D eigenvalue weighted by molar-refractivity contribution is 6.31. The monoisotopic (exact) mass is 269 g/mol. The van der Waals surface area contributed by atoms with Crippen molar-refractivity contribution in [1.82, 2.24) is 0 Å². The summed E-state index contributed by atoms with van der Waals surface area (Å²) in [6, 6.07) is 5.55. The molecule has 1 heterocycles. The topological polar surface area (TPSA) is 42.8 Å². The number of quaternary nitrogens is 1. The Bertz CT molecular complexity index is 431. The van der Waals surface area contributed by atoms with Crippen LogP contribution in [0.5, 0.6) is 0 Å². The highest BCUT2D eigenvalue weighted by atomic mass is 35.5. The Kier molecular flexibility index (Phi) is 4.58. The Morgan fingerprint density at radius 3 is 2.83 bits per heavy atom. The van der Waals surface area contributed by atoms with Gasteiger partial charge in [0, 0.05) is 10.7 Å². The first-order valence-electron chi connectivity index (χ1n) is 6.12. The van der Waals surface area contributed by atoms with E-state index >= 15 is 0 Å². The number of benzene rings is 1. The lowest BCUT2D eigenvalue weighted by Crippen LogP contribution is -3.15. The van der Waals surface area contributed by atoms with Crippen LogP contribution < -0.4 is 10.2 Å². The molecule has 0 bridgehead atoms. The first-order valence-corrected chi connectivity index (χ1v) is 6.50. The van der Waals surface area contributed by atoms with E-state index in [9.17, 15) is 4.79 Å². The second-order valence-electron chi connectivity index (χ2n) is 4.55. The van der Waals surface area contributed by atoms with Gasteiger partial charge in [0.15, 0.2) is 6.54 Å². The number of morpholine rings is 1. The Hall–Kier alpha value is -1.10. The van der Waals surface area contributed by atoms with Gasteiger partial charge in [-0.05, 0) is 24.6 Å². The molecule has 0 saturated carbocycles. The number of nitrogens with one attached hydrogen (secondary N) is 2. The largest absolute Gasteiger partial charge is 0.370 e. The molecule has 1 amide bonds. The van der Waals surface area contributed by atoms with Crippen LogP contribution in [0.25, 0.3) is 0 Å². The van der Waals surface area contributed by atoms with Crippen molar-refractivity contribution in [3.63, 3.8) is 0 Å². The van der Waals surface area contributed by atoms with Crippen molar-refractivity contribution in [2.75, 3.05) is 38.2 Å². The standard InChI is InChI=1S/C13H17ClN2O2/c1-10-2-3-11(8-12(10)14)15-13(17)9-16-4-6-18-7-5-16/h2-3,8H,4-7,9H2,1H3,(H,15,17)/p+1. The van der Waals surface area contributed by atoms with Gasteiger partial charge in [-0.3, -0.25) is 4.79 Å². The molecule has 0 aliphatic carbocycles. The van der Waals surface area contributed by atoms with E-state index in [1.54, 1.807) is 6.07 Å². The maximum absolute atomic E-state index is 11.9. The molecule has 1 fully saturated rings. The zero-order valence-electron chi connectivity index (χ0n) is 10.5. The quantitative estimate of drug-likeness (QED) is 0.839. The Morgan fingerprint density at radius 1 is 1.44 bits per heavy atom. The molecule has 1 saturated heterocycles. The first kappa shape index (κ1) is 13.3. The van der Waals surface area contributed by atoms with Crippen molar-refractivity contribution in [2.45, 2.75) is 6.92 Å². The van der Waals surface area contributed by atoms with Crippen molar-refractivity contribution in [3.05, 3.63) is 28.8 Å². The summed E-state index contributed by atoms with van der Waals surface area (Å²) < 4.78 is 5.26. The van der Waals surface area contributed by atoms with E-state index in [1.165, 1.54) is 4.90 Å². The summed E-state index contributed by atoms with van der Waals surface area (Å²) in [6.45, 7) is 5.67. The van der Waals surface area contributed by atoms with E-state index in [0.29, 0.717) is 11.6 Å². The average Bonchev–Trinajstić information content (AvgIpc) is 2.35. The molecule has 2 rings (SSSR count). The van der Waals surface area contributed by atoms with E-state index < -0.39 is 0 Å². The predicted molar refractivity (Wildman–Crippen MR) is 71.2 cm³/mol. The van der Waals surface area contributed by atoms with Crippen LogP contribution in [-0.2, 0) is 9.53 Å². The molecule has 0 radical (unpaired) electrons. The van der Waals surface area contributed by atoms with Crippen LogP contribution in [0.3, 0.4) is 0 Å². The summed E-state index contributed by atoms with van der Waals surface area (Å²) in [4.78, 5) is 13.1. The fourth-order valence-corrected chi connectivity index (χ4v) is 2.12. The van der Waals surface area contributed by atoms with Gasteiger partial charge in [-0.2, -0.15) is 0 Å². The van der Waals surface area contributed by atoms with E-state index in [2.05, 4.69) is 5.32 Å². The van der Waals surface area contributed by atoms with Gasteiger partial charge in [0.05, 0.1) is 13.2 Å². The van der Waals surface area contributed by atoms with Gasteiger partial charge in [0.1, 0.15) is 13.1 Å². The zero-order chi connectivity index (χ0) is 13.0. The zero-order valence-corrected chi connectivity index (χ0v) is 11.2. The second-order valence-corrected chi connectivity index (χ2v) is 4.96. The minimum Gasteiger partial charge on any atom is -0.370 e. The van der Waals surface area contributed by atoms with Crippen LogP contribution in [0, 0.1) is 6.92 Å². The van der Waals surface area contributed by atoms with E-state index in [-0.39, 0.29) is 5.91 Å². The molecule has 0 spiro atoms. The van der Waals surface area contributed by atoms with Gasteiger partial charge in [0.25, 0.3) is 5.91 Å². The normalized spacial score (nSPS) is 16.6. The summed E-state index contributed by atoms with van der Waals surface area (Å²) in [5.41, 5.74) is 1.76. The van der Waals surface area contributed by atoms with Gasteiger partial charge in [-0.25, -0.2) is 0 Å². The number of hydrogen-bond acceptors (Lipinski definition) is 2. The molecule has 2 N–H and O–H groups in total. The highest BCUT2D eigenvalue weighted by Crippen LogP contribution is 2.19. The average molecular weight is 270 g/mol. The third-order valence-electron chi connectivity index (χ3n) is 3.07. The molecule has 1 aromatic rings. The van der Waals surface area contributed by atoms with Crippen LogP contribution >= 0.6 is 11.6 Å². The third kappa shape index (κ3) is 3.70. The number of ether oxygens (including phenoxy) is 1. The molecule has 0 aromatic heterocycles. The van der Waals surface area contributed by atoms with Gasteiger partial charge < -0.3 is 15.0 Å². The molecule has 18 heavy (non-hydrogen) atoms. The molecule has 1 aromatic carbocycles. The molecule has 4 nitrogen and oxygen atoms in total.